The number of hydrogen-bond acceptors (Lipinski definition) is 1. The predicted molar refractivity (Wildman–Crippen MR) is 82.6 cm³/mol. The number of hydrogen-bond donors (Lipinski definition) is 1. The highest BCUT2D eigenvalue weighted by Gasteiger charge is 2.20. The third-order valence-electron chi connectivity index (χ3n) is 4.56. The maximum atomic E-state index is 13.8. The lowest BCUT2D eigenvalue weighted by Crippen LogP contribution is -2.39. The van der Waals surface area contributed by atoms with Crippen LogP contribution in [0.5, 0.6) is 0 Å². The van der Waals surface area contributed by atoms with Crippen molar-refractivity contribution in [1.29, 1.82) is 0 Å². The maximum absolute atomic E-state index is 13.8. The first-order valence-corrected chi connectivity index (χ1v) is 7.84. The molecule has 1 aromatic carbocycles. The van der Waals surface area contributed by atoms with Gasteiger partial charge in [0.15, 0.2) is 0 Å². The molecule has 1 aliphatic rings. The van der Waals surface area contributed by atoms with Crippen LogP contribution in [0, 0.1) is 11.7 Å². The van der Waals surface area contributed by atoms with Crippen LogP contribution in [0.3, 0.4) is 0 Å². The average Bonchev–Trinajstić information content (AvgIpc) is 2.99. The molecule has 3 nitrogen and oxygen atoms in total. The normalized spacial score (nSPS) is 16.7. The molecule has 0 radical (unpaired) electrons. The van der Waals surface area contributed by atoms with Gasteiger partial charge < -0.3 is 10.2 Å². The fourth-order valence-corrected chi connectivity index (χ4v) is 3.01. The van der Waals surface area contributed by atoms with Crippen LogP contribution in [-0.2, 0) is 0 Å². The topological polar surface area (TPSA) is 32.3 Å². The van der Waals surface area contributed by atoms with Crippen molar-refractivity contribution in [2.24, 2.45) is 5.92 Å². The minimum absolute atomic E-state index is 0.135. The van der Waals surface area contributed by atoms with Gasteiger partial charge in [0.2, 0.25) is 0 Å². The molecule has 1 aromatic rings. The Balaban J connectivity index is 1.82. The Labute approximate surface area is 126 Å². The van der Waals surface area contributed by atoms with E-state index in [9.17, 15) is 9.18 Å². The molecule has 1 atom stereocenters. The van der Waals surface area contributed by atoms with Crippen LogP contribution in [0.1, 0.15) is 50.6 Å². The molecule has 21 heavy (non-hydrogen) atoms. The van der Waals surface area contributed by atoms with E-state index in [4.69, 9.17) is 0 Å². The standard InChI is InChI=1S/C17H25FN2O/c1-13(15-9-5-6-10-16(15)18)20(2)17(21)19-12-11-14-7-3-4-8-14/h5-6,9-10,13-14H,3-4,7-8,11-12H2,1-2H3,(H,19,21). The molecule has 1 unspecified atom stereocenters. The number of amides is 2. The second-order valence-electron chi connectivity index (χ2n) is 5.98. The number of rotatable bonds is 5. The van der Waals surface area contributed by atoms with Gasteiger partial charge in [0, 0.05) is 19.2 Å². The number of halogens is 1. The van der Waals surface area contributed by atoms with E-state index in [1.54, 1.807) is 30.1 Å². The Bertz CT molecular complexity index is 472. The zero-order valence-corrected chi connectivity index (χ0v) is 12.9. The van der Waals surface area contributed by atoms with Gasteiger partial charge in [0.1, 0.15) is 5.82 Å². The second kappa shape index (κ2) is 7.43. The lowest BCUT2D eigenvalue weighted by molar-refractivity contribution is 0.192. The molecule has 2 amide bonds. The van der Waals surface area contributed by atoms with Gasteiger partial charge in [-0.1, -0.05) is 43.9 Å². The third-order valence-corrected chi connectivity index (χ3v) is 4.56. The molecular formula is C17H25FN2O. The molecule has 0 aromatic heterocycles. The monoisotopic (exact) mass is 292 g/mol. The van der Waals surface area contributed by atoms with Gasteiger partial charge in [-0.25, -0.2) is 9.18 Å². The summed E-state index contributed by atoms with van der Waals surface area (Å²) in [6.07, 6.45) is 6.27. The van der Waals surface area contributed by atoms with Crippen molar-refractivity contribution in [1.82, 2.24) is 10.2 Å². The molecule has 116 valence electrons. The largest absolute Gasteiger partial charge is 0.338 e. The van der Waals surface area contributed by atoms with E-state index in [0.29, 0.717) is 12.1 Å². The van der Waals surface area contributed by atoms with Crippen molar-refractivity contribution in [2.75, 3.05) is 13.6 Å². The molecular weight excluding hydrogens is 267 g/mol. The molecule has 1 saturated carbocycles. The van der Waals surface area contributed by atoms with E-state index in [1.165, 1.54) is 31.7 Å². The van der Waals surface area contributed by atoms with E-state index < -0.39 is 0 Å². The first-order chi connectivity index (χ1) is 10.1. The molecule has 0 spiro atoms. The van der Waals surface area contributed by atoms with Crippen molar-refractivity contribution in [2.45, 2.75) is 45.1 Å². The van der Waals surface area contributed by atoms with Gasteiger partial charge in [0.25, 0.3) is 0 Å². The number of nitrogens with zero attached hydrogens (tertiary/aromatic N) is 1. The van der Waals surface area contributed by atoms with Crippen molar-refractivity contribution in [3.8, 4) is 0 Å². The van der Waals surface area contributed by atoms with Crippen molar-refractivity contribution in [3.63, 3.8) is 0 Å². The van der Waals surface area contributed by atoms with E-state index >= 15 is 0 Å². The minimum atomic E-state index is -0.280. The van der Waals surface area contributed by atoms with Gasteiger partial charge in [-0.05, 0) is 25.3 Å². The van der Waals surface area contributed by atoms with E-state index in [1.807, 2.05) is 6.92 Å². The Morgan fingerprint density at radius 1 is 1.38 bits per heavy atom. The Hall–Kier alpha value is -1.58. The van der Waals surface area contributed by atoms with Gasteiger partial charge in [-0.3, -0.25) is 0 Å². The van der Waals surface area contributed by atoms with E-state index in [-0.39, 0.29) is 17.9 Å². The zero-order chi connectivity index (χ0) is 15.2. The number of carbonyl (C=O) groups is 1. The Morgan fingerprint density at radius 2 is 2.05 bits per heavy atom. The summed E-state index contributed by atoms with van der Waals surface area (Å²) in [7, 11) is 1.71. The zero-order valence-electron chi connectivity index (χ0n) is 12.9. The van der Waals surface area contributed by atoms with Crippen LogP contribution in [-0.4, -0.2) is 24.5 Å². The number of nitrogens with one attached hydrogen (secondary N) is 1. The van der Waals surface area contributed by atoms with Crippen LogP contribution in [0.2, 0.25) is 0 Å². The van der Waals surface area contributed by atoms with Crippen LogP contribution in [0.15, 0.2) is 24.3 Å². The summed E-state index contributed by atoms with van der Waals surface area (Å²) in [4.78, 5) is 13.7. The number of carbonyl (C=O) groups excluding carboxylic acids is 1. The van der Waals surface area contributed by atoms with Gasteiger partial charge >= 0.3 is 6.03 Å². The average molecular weight is 292 g/mol. The highest BCUT2D eigenvalue weighted by molar-refractivity contribution is 5.74. The molecule has 0 aliphatic heterocycles. The van der Waals surface area contributed by atoms with Crippen LogP contribution >= 0.6 is 0 Å². The lowest BCUT2D eigenvalue weighted by Gasteiger charge is -2.26. The predicted octanol–water partition coefficient (Wildman–Crippen LogP) is 4.11. The van der Waals surface area contributed by atoms with Crippen molar-refractivity contribution in [3.05, 3.63) is 35.6 Å². The van der Waals surface area contributed by atoms with Crippen molar-refractivity contribution >= 4 is 6.03 Å². The molecule has 4 heteroatoms. The number of benzene rings is 1. The Kier molecular flexibility index (Phi) is 5.59. The van der Waals surface area contributed by atoms with E-state index in [2.05, 4.69) is 5.32 Å². The molecule has 2 rings (SSSR count). The first kappa shape index (κ1) is 15.8. The Morgan fingerprint density at radius 3 is 2.71 bits per heavy atom. The summed E-state index contributed by atoms with van der Waals surface area (Å²) in [6.45, 7) is 2.55. The summed E-state index contributed by atoms with van der Waals surface area (Å²) in [5.74, 6) is 0.496. The van der Waals surface area contributed by atoms with Crippen LogP contribution < -0.4 is 5.32 Å². The molecule has 1 fully saturated rings. The smallest absolute Gasteiger partial charge is 0.317 e. The highest BCUT2D eigenvalue weighted by atomic mass is 19.1. The van der Waals surface area contributed by atoms with Gasteiger partial charge in [0.05, 0.1) is 6.04 Å². The van der Waals surface area contributed by atoms with Gasteiger partial charge in [-0.2, -0.15) is 0 Å². The fourth-order valence-electron chi connectivity index (χ4n) is 3.01. The fraction of sp³-hybridized carbons (Fsp3) is 0.588. The summed E-state index contributed by atoms with van der Waals surface area (Å²) in [5.41, 5.74) is 0.547. The lowest BCUT2D eigenvalue weighted by atomic mass is 10.0. The molecule has 0 heterocycles. The molecule has 1 aliphatic carbocycles. The summed E-state index contributed by atoms with van der Waals surface area (Å²) >= 11 is 0. The molecule has 0 bridgehead atoms. The maximum Gasteiger partial charge on any atom is 0.317 e. The quantitative estimate of drug-likeness (QED) is 0.870. The minimum Gasteiger partial charge on any atom is -0.338 e. The first-order valence-electron chi connectivity index (χ1n) is 7.84. The number of urea groups is 1. The molecule has 1 N–H and O–H groups in total. The summed E-state index contributed by atoms with van der Waals surface area (Å²) in [5, 5.41) is 2.94. The summed E-state index contributed by atoms with van der Waals surface area (Å²) < 4.78 is 13.8. The van der Waals surface area contributed by atoms with Crippen LogP contribution in [0.4, 0.5) is 9.18 Å². The third kappa shape index (κ3) is 4.19. The summed E-state index contributed by atoms with van der Waals surface area (Å²) in [6, 6.07) is 6.19. The second-order valence-corrected chi connectivity index (χ2v) is 5.98. The highest BCUT2D eigenvalue weighted by Crippen LogP contribution is 2.27. The molecule has 0 saturated heterocycles. The van der Waals surface area contributed by atoms with E-state index in [0.717, 1.165) is 12.3 Å². The van der Waals surface area contributed by atoms with Crippen LogP contribution in [0.25, 0.3) is 0 Å². The van der Waals surface area contributed by atoms with Crippen molar-refractivity contribution < 1.29 is 9.18 Å². The SMILES string of the molecule is CC(c1ccccc1F)N(C)C(=O)NCCC1CCCC1. The van der Waals surface area contributed by atoms with Gasteiger partial charge in [-0.15, -0.1) is 0 Å².